The molecule has 5 heteroatoms. The largest absolute Gasteiger partial charge is 0.488 e. The molecule has 3 aliphatic heterocycles. The maximum Gasteiger partial charge on any atom is 0.123 e. The Morgan fingerprint density at radius 3 is 2.71 bits per heavy atom. The molecule has 21 heavy (non-hydrogen) atoms. The van der Waals surface area contributed by atoms with E-state index in [0.717, 1.165) is 69.6 Å². The Kier molecular flexibility index (Phi) is 3.57. The first kappa shape index (κ1) is 13.5. The second kappa shape index (κ2) is 5.55. The number of piperazine rings is 1. The Morgan fingerprint density at radius 2 is 2.00 bits per heavy atom. The van der Waals surface area contributed by atoms with E-state index in [1.807, 2.05) is 0 Å². The van der Waals surface area contributed by atoms with Gasteiger partial charge >= 0.3 is 0 Å². The van der Waals surface area contributed by atoms with Gasteiger partial charge in [0.05, 0.1) is 0 Å². The van der Waals surface area contributed by atoms with E-state index in [2.05, 4.69) is 15.1 Å². The van der Waals surface area contributed by atoms with E-state index in [9.17, 15) is 4.39 Å². The molecule has 0 spiro atoms. The van der Waals surface area contributed by atoms with E-state index in [0.29, 0.717) is 0 Å². The van der Waals surface area contributed by atoms with Crippen molar-refractivity contribution in [3.63, 3.8) is 0 Å². The van der Waals surface area contributed by atoms with Gasteiger partial charge in [0.1, 0.15) is 17.7 Å². The lowest BCUT2D eigenvalue weighted by Gasteiger charge is -2.43. The highest BCUT2D eigenvalue weighted by atomic mass is 19.1. The molecule has 4 rings (SSSR count). The maximum absolute atomic E-state index is 13.2. The standard InChI is InChI=1S/C16H22FN3O/c17-13-1-2-16-12(7-13)8-15(21-16)11-19-3-5-20(6-4-19)14-9-18-10-14/h1-2,7,14-15,18H,3-6,8-11H2. The molecule has 0 aromatic heterocycles. The van der Waals surface area contributed by atoms with Crippen LogP contribution in [0.25, 0.3) is 0 Å². The second-order valence-electron chi connectivity index (χ2n) is 6.34. The predicted octanol–water partition coefficient (Wildman–Crippen LogP) is 0.719. The molecule has 4 nitrogen and oxygen atoms in total. The smallest absolute Gasteiger partial charge is 0.123 e. The molecular weight excluding hydrogens is 269 g/mol. The van der Waals surface area contributed by atoms with Crippen LogP contribution in [-0.4, -0.2) is 67.8 Å². The predicted molar refractivity (Wildman–Crippen MR) is 79.2 cm³/mol. The van der Waals surface area contributed by atoms with E-state index in [1.54, 1.807) is 12.1 Å². The summed E-state index contributed by atoms with van der Waals surface area (Å²) in [6, 6.07) is 5.59. The van der Waals surface area contributed by atoms with Crippen molar-refractivity contribution < 1.29 is 9.13 Å². The molecule has 1 unspecified atom stereocenters. The summed E-state index contributed by atoms with van der Waals surface area (Å²) in [5.74, 6) is 0.696. The SMILES string of the molecule is Fc1ccc2c(c1)CC(CN1CCN(C3CNC3)CC1)O2. The number of rotatable bonds is 3. The van der Waals surface area contributed by atoms with Gasteiger partial charge in [-0.1, -0.05) is 0 Å². The minimum Gasteiger partial charge on any atom is -0.488 e. The lowest BCUT2D eigenvalue weighted by Crippen LogP contribution is -2.62. The monoisotopic (exact) mass is 291 g/mol. The number of benzene rings is 1. The normalized spacial score (nSPS) is 27.2. The molecule has 114 valence electrons. The highest BCUT2D eigenvalue weighted by molar-refractivity contribution is 5.37. The molecule has 0 saturated carbocycles. The zero-order chi connectivity index (χ0) is 14.2. The quantitative estimate of drug-likeness (QED) is 0.888. The lowest BCUT2D eigenvalue weighted by atomic mass is 10.1. The van der Waals surface area contributed by atoms with Gasteiger partial charge in [0, 0.05) is 63.8 Å². The molecule has 1 atom stereocenters. The minimum absolute atomic E-state index is 0.166. The molecule has 1 aromatic carbocycles. The summed E-state index contributed by atoms with van der Waals surface area (Å²) in [5, 5.41) is 3.34. The van der Waals surface area contributed by atoms with Crippen LogP contribution in [0, 0.1) is 5.82 Å². The maximum atomic E-state index is 13.2. The molecule has 1 N–H and O–H groups in total. The van der Waals surface area contributed by atoms with Gasteiger partial charge in [0.15, 0.2) is 0 Å². The van der Waals surface area contributed by atoms with Gasteiger partial charge in [-0.15, -0.1) is 0 Å². The van der Waals surface area contributed by atoms with Crippen molar-refractivity contribution in [1.82, 2.24) is 15.1 Å². The van der Waals surface area contributed by atoms with Crippen LogP contribution in [0.2, 0.25) is 0 Å². The molecule has 3 heterocycles. The first-order chi connectivity index (χ1) is 10.3. The van der Waals surface area contributed by atoms with Gasteiger partial charge in [0.2, 0.25) is 0 Å². The molecule has 0 amide bonds. The first-order valence-corrected chi connectivity index (χ1v) is 7.90. The summed E-state index contributed by atoms with van der Waals surface area (Å²) < 4.78 is 19.2. The Morgan fingerprint density at radius 1 is 1.19 bits per heavy atom. The molecule has 3 aliphatic rings. The average Bonchev–Trinajstić information content (AvgIpc) is 2.80. The summed E-state index contributed by atoms with van der Waals surface area (Å²) in [6.07, 6.45) is 1.01. The fourth-order valence-electron chi connectivity index (χ4n) is 3.52. The van der Waals surface area contributed by atoms with Crippen LogP contribution in [0.4, 0.5) is 4.39 Å². The summed E-state index contributed by atoms with van der Waals surface area (Å²) in [5.41, 5.74) is 1.01. The van der Waals surface area contributed by atoms with Gasteiger partial charge in [-0.25, -0.2) is 4.39 Å². The van der Waals surface area contributed by atoms with Crippen molar-refractivity contribution in [2.45, 2.75) is 18.6 Å². The number of halogens is 1. The van der Waals surface area contributed by atoms with Gasteiger partial charge in [-0.2, -0.15) is 0 Å². The highest BCUT2D eigenvalue weighted by Crippen LogP contribution is 2.29. The number of ether oxygens (including phenoxy) is 1. The van der Waals surface area contributed by atoms with Gasteiger partial charge in [-0.05, 0) is 18.2 Å². The molecular formula is C16H22FN3O. The van der Waals surface area contributed by atoms with Crippen LogP contribution in [0.15, 0.2) is 18.2 Å². The Bertz CT molecular complexity index is 512. The molecule has 1 aromatic rings. The van der Waals surface area contributed by atoms with Crippen LogP contribution in [0.3, 0.4) is 0 Å². The second-order valence-corrected chi connectivity index (χ2v) is 6.34. The van der Waals surface area contributed by atoms with Crippen LogP contribution in [0.5, 0.6) is 5.75 Å². The fourth-order valence-corrected chi connectivity index (χ4v) is 3.52. The number of nitrogens with zero attached hydrogens (tertiary/aromatic N) is 2. The van der Waals surface area contributed by atoms with E-state index in [1.165, 1.54) is 6.07 Å². The van der Waals surface area contributed by atoms with Crippen LogP contribution < -0.4 is 10.1 Å². The van der Waals surface area contributed by atoms with Crippen molar-refractivity contribution in [2.24, 2.45) is 0 Å². The fraction of sp³-hybridized carbons (Fsp3) is 0.625. The van der Waals surface area contributed by atoms with Crippen LogP contribution >= 0.6 is 0 Å². The van der Waals surface area contributed by atoms with Crippen molar-refractivity contribution in [2.75, 3.05) is 45.8 Å². The molecule has 2 saturated heterocycles. The van der Waals surface area contributed by atoms with Gasteiger partial charge in [0.25, 0.3) is 0 Å². The number of hydrogen-bond acceptors (Lipinski definition) is 4. The number of hydrogen-bond donors (Lipinski definition) is 1. The van der Waals surface area contributed by atoms with Crippen LogP contribution in [-0.2, 0) is 6.42 Å². The Hall–Kier alpha value is -1.17. The summed E-state index contributed by atoms with van der Waals surface area (Å²) in [6.45, 7) is 7.77. The highest BCUT2D eigenvalue weighted by Gasteiger charge is 2.30. The minimum atomic E-state index is -0.166. The Balaban J connectivity index is 1.28. The van der Waals surface area contributed by atoms with E-state index in [4.69, 9.17) is 4.74 Å². The third kappa shape index (κ3) is 2.78. The zero-order valence-corrected chi connectivity index (χ0v) is 12.2. The molecule has 2 fully saturated rings. The Labute approximate surface area is 124 Å². The molecule has 0 aliphatic carbocycles. The summed E-state index contributed by atoms with van der Waals surface area (Å²) in [7, 11) is 0. The summed E-state index contributed by atoms with van der Waals surface area (Å²) >= 11 is 0. The van der Waals surface area contributed by atoms with E-state index in [-0.39, 0.29) is 11.9 Å². The number of nitrogens with one attached hydrogen (secondary N) is 1. The van der Waals surface area contributed by atoms with Crippen molar-refractivity contribution >= 4 is 0 Å². The van der Waals surface area contributed by atoms with Gasteiger partial charge in [-0.3, -0.25) is 9.80 Å². The third-order valence-electron chi connectivity index (χ3n) is 4.91. The van der Waals surface area contributed by atoms with E-state index >= 15 is 0 Å². The van der Waals surface area contributed by atoms with Gasteiger partial charge < -0.3 is 10.1 Å². The topological polar surface area (TPSA) is 27.7 Å². The molecule has 0 radical (unpaired) electrons. The lowest BCUT2D eigenvalue weighted by molar-refractivity contribution is 0.0544. The zero-order valence-electron chi connectivity index (χ0n) is 12.2. The van der Waals surface area contributed by atoms with Crippen molar-refractivity contribution in [3.05, 3.63) is 29.6 Å². The van der Waals surface area contributed by atoms with Crippen LogP contribution in [0.1, 0.15) is 5.56 Å². The first-order valence-electron chi connectivity index (χ1n) is 7.90. The van der Waals surface area contributed by atoms with Crippen molar-refractivity contribution in [3.8, 4) is 5.75 Å². The third-order valence-corrected chi connectivity index (χ3v) is 4.91. The average molecular weight is 291 g/mol. The number of fused-ring (bicyclic) bond motifs is 1. The van der Waals surface area contributed by atoms with E-state index < -0.39 is 0 Å². The molecule has 0 bridgehead atoms. The van der Waals surface area contributed by atoms with Crippen molar-refractivity contribution in [1.29, 1.82) is 0 Å². The summed E-state index contributed by atoms with van der Waals surface area (Å²) in [4.78, 5) is 5.07.